The second kappa shape index (κ2) is 5.07. The second-order valence-corrected chi connectivity index (χ2v) is 4.55. The molecular weight excluding hydrogens is 265 g/mol. The van der Waals surface area contributed by atoms with Crippen LogP contribution in [0, 0.1) is 15.9 Å². The predicted molar refractivity (Wildman–Crippen MR) is 62.3 cm³/mol. The zero-order valence-corrected chi connectivity index (χ0v) is 10.1. The molecule has 1 aromatic carbocycles. The van der Waals surface area contributed by atoms with Crippen LogP contribution in [-0.2, 0) is 0 Å². The van der Waals surface area contributed by atoms with E-state index < -0.39 is 28.6 Å². The minimum Gasteiger partial charge on any atom is -0.486 e. The van der Waals surface area contributed by atoms with Crippen LogP contribution in [-0.4, -0.2) is 22.2 Å². The first-order valence-corrected chi connectivity index (χ1v) is 5.85. The van der Waals surface area contributed by atoms with Crippen molar-refractivity contribution in [2.24, 2.45) is 0 Å². The van der Waals surface area contributed by atoms with Crippen molar-refractivity contribution in [3.63, 3.8) is 0 Å². The molecule has 1 aliphatic carbocycles. The molecule has 1 saturated carbocycles. The summed E-state index contributed by atoms with van der Waals surface area (Å²) in [4.78, 5) is 9.66. The van der Waals surface area contributed by atoms with Gasteiger partial charge in [0.2, 0.25) is 5.82 Å². The molecule has 0 amide bonds. The zero-order valence-electron chi connectivity index (χ0n) is 9.31. The van der Waals surface area contributed by atoms with Gasteiger partial charge in [0.25, 0.3) is 0 Å². The van der Waals surface area contributed by atoms with E-state index in [0.29, 0.717) is 12.8 Å². The summed E-state index contributed by atoms with van der Waals surface area (Å²) in [5.74, 6) is -0.988. The average Bonchev–Trinajstić information content (AvgIpc) is 2.69. The molecule has 2 rings (SSSR count). The van der Waals surface area contributed by atoms with Gasteiger partial charge in [0.05, 0.1) is 16.0 Å². The molecule has 0 heterocycles. The van der Waals surface area contributed by atoms with Crippen LogP contribution in [0.25, 0.3) is 0 Å². The number of aliphatic hydroxyl groups excluding tert-OH is 1. The lowest BCUT2D eigenvalue weighted by atomic mass is 10.2. The van der Waals surface area contributed by atoms with Crippen molar-refractivity contribution in [1.29, 1.82) is 0 Å². The Labute approximate surface area is 107 Å². The Bertz CT molecular complexity index is 482. The van der Waals surface area contributed by atoms with E-state index in [4.69, 9.17) is 16.3 Å². The maximum Gasteiger partial charge on any atom is 0.306 e. The number of rotatable bonds is 3. The third-order valence-corrected chi connectivity index (χ3v) is 3.19. The molecule has 0 aliphatic heterocycles. The lowest BCUT2D eigenvalue weighted by molar-refractivity contribution is -0.387. The van der Waals surface area contributed by atoms with E-state index >= 15 is 0 Å². The quantitative estimate of drug-likeness (QED) is 0.680. The smallest absolute Gasteiger partial charge is 0.306 e. The largest absolute Gasteiger partial charge is 0.486 e. The van der Waals surface area contributed by atoms with Crippen molar-refractivity contribution < 1.29 is 19.2 Å². The Morgan fingerprint density at radius 1 is 1.50 bits per heavy atom. The number of aliphatic hydroxyl groups is 1. The van der Waals surface area contributed by atoms with Crippen LogP contribution in [0.4, 0.5) is 10.1 Å². The highest BCUT2D eigenvalue weighted by molar-refractivity contribution is 6.32. The van der Waals surface area contributed by atoms with Gasteiger partial charge in [-0.15, -0.1) is 0 Å². The molecular formula is C11H11ClFNO4. The van der Waals surface area contributed by atoms with Gasteiger partial charge in [0, 0.05) is 12.1 Å². The molecule has 0 radical (unpaired) electrons. The molecule has 5 nitrogen and oxygen atoms in total. The second-order valence-electron chi connectivity index (χ2n) is 4.15. The first-order chi connectivity index (χ1) is 8.49. The zero-order chi connectivity index (χ0) is 13.3. The fourth-order valence-corrected chi connectivity index (χ4v) is 2.16. The van der Waals surface area contributed by atoms with Crippen molar-refractivity contribution in [2.45, 2.75) is 31.5 Å². The monoisotopic (exact) mass is 275 g/mol. The Balaban J connectivity index is 2.23. The highest BCUT2D eigenvalue weighted by atomic mass is 35.5. The van der Waals surface area contributed by atoms with Gasteiger partial charge in [-0.25, -0.2) is 0 Å². The standard InChI is InChI=1S/C11H11ClFNO4/c12-6-4-8(14(16)17)7(13)5-11(6)18-10-3-1-2-9(10)15/h4-5,9-10,15H,1-3H2/t9-,10-/m0/s1. The third-order valence-electron chi connectivity index (χ3n) is 2.89. The molecule has 98 valence electrons. The van der Waals surface area contributed by atoms with Crippen molar-refractivity contribution in [1.82, 2.24) is 0 Å². The Hall–Kier alpha value is -1.40. The van der Waals surface area contributed by atoms with Crippen LogP contribution in [0.3, 0.4) is 0 Å². The van der Waals surface area contributed by atoms with Gasteiger partial charge < -0.3 is 9.84 Å². The van der Waals surface area contributed by atoms with Crippen molar-refractivity contribution in [2.75, 3.05) is 0 Å². The van der Waals surface area contributed by atoms with Gasteiger partial charge in [0.15, 0.2) is 0 Å². The summed E-state index contributed by atoms with van der Waals surface area (Å²) in [6.07, 6.45) is 1.04. The molecule has 2 atom stereocenters. The van der Waals surface area contributed by atoms with E-state index in [9.17, 15) is 19.6 Å². The third kappa shape index (κ3) is 2.54. The van der Waals surface area contributed by atoms with Gasteiger partial charge in [0.1, 0.15) is 11.9 Å². The molecule has 0 spiro atoms. The summed E-state index contributed by atoms with van der Waals surface area (Å²) in [6.45, 7) is 0. The summed E-state index contributed by atoms with van der Waals surface area (Å²) in [5, 5.41) is 20.1. The van der Waals surface area contributed by atoms with Crippen LogP contribution in [0.1, 0.15) is 19.3 Å². The highest BCUT2D eigenvalue weighted by Gasteiger charge is 2.28. The molecule has 1 fully saturated rings. The molecule has 0 unspecified atom stereocenters. The van der Waals surface area contributed by atoms with Crippen molar-refractivity contribution >= 4 is 17.3 Å². The minimum atomic E-state index is -1.01. The van der Waals surface area contributed by atoms with Gasteiger partial charge in [-0.05, 0) is 19.3 Å². The van der Waals surface area contributed by atoms with E-state index in [1.807, 2.05) is 0 Å². The first kappa shape index (κ1) is 13.0. The number of hydrogen-bond acceptors (Lipinski definition) is 4. The summed E-state index contributed by atoms with van der Waals surface area (Å²) in [7, 11) is 0. The number of nitro groups is 1. The van der Waals surface area contributed by atoms with Crippen molar-refractivity contribution in [3.05, 3.63) is 33.1 Å². The van der Waals surface area contributed by atoms with Crippen LogP contribution in [0.15, 0.2) is 12.1 Å². The SMILES string of the molecule is O=[N+]([O-])c1cc(Cl)c(O[C@H]2CCC[C@@H]2O)cc1F. The summed E-state index contributed by atoms with van der Waals surface area (Å²) in [6, 6.07) is 1.79. The van der Waals surface area contributed by atoms with E-state index in [2.05, 4.69) is 0 Å². The highest BCUT2D eigenvalue weighted by Crippen LogP contribution is 2.34. The molecule has 0 aromatic heterocycles. The Morgan fingerprint density at radius 3 is 2.78 bits per heavy atom. The van der Waals surface area contributed by atoms with Gasteiger partial charge in [-0.3, -0.25) is 10.1 Å². The number of benzene rings is 1. The number of nitro benzene ring substituents is 1. The van der Waals surface area contributed by atoms with Crippen molar-refractivity contribution in [3.8, 4) is 5.75 Å². The fraction of sp³-hybridized carbons (Fsp3) is 0.455. The lowest BCUT2D eigenvalue weighted by Crippen LogP contribution is -2.25. The molecule has 18 heavy (non-hydrogen) atoms. The number of nitrogens with zero attached hydrogens (tertiary/aromatic N) is 1. The van der Waals surface area contributed by atoms with Crippen LogP contribution in [0.2, 0.25) is 5.02 Å². The maximum absolute atomic E-state index is 13.4. The number of halogens is 2. The van der Waals surface area contributed by atoms with Gasteiger partial charge in [-0.2, -0.15) is 4.39 Å². The predicted octanol–water partition coefficient (Wildman–Crippen LogP) is 2.68. The fourth-order valence-electron chi connectivity index (χ4n) is 1.96. The topological polar surface area (TPSA) is 72.6 Å². The Morgan fingerprint density at radius 2 is 2.22 bits per heavy atom. The lowest BCUT2D eigenvalue weighted by Gasteiger charge is -2.17. The van der Waals surface area contributed by atoms with Gasteiger partial charge in [-0.1, -0.05) is 11.6 Å². The molecule has 1 aliphatic rings. The normalized spacial score (nSPS) is 23.1. The maximum atomic E-state index is 13.4. The van der Waals surface area contributed by atoms with E-state index in [0.717, 1.165) is 18.6 Å². The van der Waals surface area contributed by atoms with Crippen LogP contribution >= 0.6 is 11.6 Å². The summed E-state index contributed by atoms with van der Waals surface area (Å²) in [5.41, 5.74) is -0.695. The minimum absolute atomic E-state index is 0.0192. The van der Waals surface area contributed by atoms with Crippen LogP contribution in [0.5, 0.6) is 5.75 Å². The first-order valence-electron chi connectivity index (χ1n) is 5.47. The molecule has 1 aromatic rings. The number of ether oxygens (including phenoxy) is 1. The number of hydrogen-bond donors (Lipinski definition) is 1. The van der Waals surface area contributed by atoms with E-state index in [1.165, 1.54) is 0 Å². The summed E-state index contributed by atoms with van der Waals surface area (Å²) < 4.78 is 18.8. The molecule has 0 bridgehead atoms. The molecule has 1 N–H and O–H groups in total. The summed E-state index contributed by atoms with van der Waals surface area (Å²) >= 11 is 5.79. The molecule has 7 heteroatoms. The van der Waals surface area contributed by atoms with E-state index in [-0.39, 0.29) is 10.8 Å². The molecule has 0 saturated heterocycles. The van der Waals surface area contributed by atoms with Gasteiger partial charge >= 0.3 is 5.69 Å². The van der Waals surface area contributed by atoms with Crippen LogP contribution < -0.4 is 4.74 Å². The Kier molecular flexibility index (Phi) is 3.68. The average molecular weight is 276 g/mol. The van der Waals surface area contributed by atoms with E-state index in [1.54, 1.807) is 0 Å².